The molecule has 2 aromatic heterocycles. The van der Waals surface area contributed by atoms with E-state index in [1.54, 1.807) is 5.38 Å². The van der Waals surface area contributed by atoms with E-state index in [2.05, 4.69) is 36.6 Å². The van der Waals surface area contributed by atoms with Crippen molar-refractivity contribution in [2.24, 2.45) is 5.16 Å². The molecule has 1 fully saturated rings. The average Bonchev–Trinajstić information content (AvgIpc) is 3.88. The van der Waals surface area contributed by atoms with Gasteiger partial charge in [-0.3, -0.25) is 19.3 Å². The number of aromatic nitrogens is 5. The van der Waals surface area contributed by atoms with Gasteiger partial charge in [0.1, 0.15) is 28.3 Å². The van der Waals surface area contributed by atoms with E-state index in [9.17, 15) is 24.3 Å². The molecule has 2 aliphatic rings. The highest BCUT2D eigenvalue weighted by atomic mass is 32.2. The number of anilines is 1. The number of oxime groups is 1. The van der Waals surface area contributed by atoms with Crippen molar-refractivity contribution in [1.82, 2.24) is 40.8 Å². The van der Waals surface area contributed by atoms with Gasteiger partial charge in [-0.1, -0.05) is 113 Å². The first-order valence-electron chi connectivity index (χ1n) is 16.9. The molecule has 17 nitrogen and oxygen atoms in total. The summed E-state index contributed by atoms with van der Waals surface area (Å²) in [5.74, 6) is 2.90. The van der Waals surface area contributed by atoms with Gasteiger partial charge in [0.15, 0.2) is 17.5 Å². The maximum atomic E-state index is 14.0. The molecule has 3 aromatic carbocycles. The van der Waals surface area contributed by atoms with Crippen LogP contribution in [0.3, 0.4) is 0 Å². The van der Waals surface area contributed by atoms with Crippen molar-refractivity contribution >= 4 is 69.4 Å². The van der Waals surface area contributed by atoms with Gasteiger partial charge in [-0.25, -0.2) is 9.78 Å². The second-order valence-electron chi connectivity index (χ2n) is 12.2. The molecule has 1 saturated heterocycles. The van der Waals surface area contributed by atoms with Crippen LogP contribution in [-0.2, 0) is 29.6 Å². The molecule has 56 heavy (non-hydrogen) atoms. The molecule has 7 rings (SSSR count). The Labute approximate surface area is 331 Å². The number of carbonyl (C=O) groups excluding carboxylic acids is 3. The SMILES string of the molecule is CNC(=O)CO/N=C(\C(=O)N[C@@H]1C(=O)N2C(C(=O)O)=C(CSc3nnnn3N)CS[C@H]12)c1csc(NC(c2ccccc2)(c2ccccc2)c2ccccc2)n1. The van der Waals surface area contributed by atoms with E-state index < -0.39 is 47.3 Å². The highest BCUT2D eigenvalue weighted by molar-refractivity contribution is 8.01. The van der Waals surface area contributed by atoms with Crippen molar-refractivity contribution in [3.63, 3.8) is 0 Å². The summed E-state index contributed by atoms with van der Waals surface area (Å²) in [6, 6.07) is 28.6. The van der Waals surface area contributed by atoms with Crippen LogP contribution in [0, 0.1) is 0 Å². The highest BCUT2D eigenvalue weighted by Crippen LogP contribution is 2.42. The van der Waals surface area contributed by atoms with Crippen LogP contribution in [0.25, 0.3) is 0 Å². The van der Waals surface area contributed by atoms with E-state index in [4.69, 9.17) is 15.7 Å². The summed E-state index contributed by atoms with van der Waals surface area (Å²) in [7, 11) is 1.43. The fraction of sp³-hybridized carbons (Fsp3) is 0.194. The number of thiazole rings is 1. The molecule has 6 N–H and O–H groups in total. The summed E-state index contributed by atoms with van der Waals surface area (Å²) in [5.41, 5.74) is 2.00. The second kappa shape index (κ2) is 16.6. The van der Waals surface area contributed by atoms with Crippen LogP contribution < -0.4 is 21.8 Å². The van der Waals surface area contributed by atoms with Crippen molar-refractivity contribution in [2.75, 3.05) is 36.3 Å². The van der Waals surface area contributed by atoms with Crippen LogP contribution >= 0.6 is 34.9 Å². The molecule has 3 amide bonds. The van der Waals surface area contributed by atoms with E-state index in [-0.39, 0.29) is 33.8 Å². The van der Waals surface area contributed by atoms with Crippen LogP contribution in [0.1, 0.15) is 22.4 Å². The molecule has 2 atom stereocenters. The number of amides is 3. The smallest absolute Gasteiger partial charge is 0.352 e. The van der Waals surface area contributed by atoms with Crippen molar-refractivity contribution in [3.05, 3.63) is 130 Å². The van der Waals surface area contributed by atoms with Crippen LogP contribution in [0.15, 0.2) is 118 Å². The quantitative estimate of drug-likeness (QED) is 0.0255. The number of hydrogen-bond donors (Lipinski definition) is 5. The van der Waals surface area contributed by atoms with E-state index in [1.165, 1.54) is 30.1 Å². The second-order valence-corrected chi connectivity index (χ2v) is 15.1. The number of aliphatic carboxylic acids is 1. The molecule has 20 heteroatoms. The lowest BCUT2D eigenvalue weighted by atomic mass is 9.77. The first kappa shape index (κ1) is 38.0. The Morgan fingerprint density at radius 2 is 1.64 bits per heavy atom. The topological polar surface area (TPSA) is 232 Å². The molecule has 0 spiro atoms. The molecule has 0 aliphatic carbocycles. The van der Waals surface area contributed by atoms with Gasteiger partial charge in [0.25, 0.3) is 17.7 Å². The number of carboxylic acid groups (broad SMARTS) is 1. The number of carbonyl (C=O) groups is 4. The molecule has 0 saturated carbocycles. The third-order valence-corrected chi connectivity index (χ3v) is 12.0. The Morgan fingerprint density at radius 1 is 1.02 bits per heavy atom. The number of benzene rings is 3. The van der Waals surface area contributed by atoms with Crippen LogP contribution in [-0.4, -0.2) is 101 Å². The minimum atomic E-state index is -1.29. The number of fused-ring (bicyclic) bond motifs is 1. The monoisotopic (exact) mass is 811 g/mol. The van der Waals surface area contributed by atoms with Crippen molar-refractivity contribution in [2.45, 2.75) is 22.1 Å². The lowest BCUT2D eigenvalue weighted by molar-refractivity contribution is -0.150. The van der Waals surface area contributed by atoms with Crippen molar-refractivity contribution < 1.29 is 29.1 Å². The van der Waals surface area contributed by atoms with Crippen LogP contribution in [0.2, 0.25) is 0 Å². The minimum absolute atomic E-state index is 0.114. The average molecular weight is 812 g/mol. The predicted octanol–water partition coefficient (Wildman–Crippen LogP) is 2.25. The normalized spacial score (nSPS) is 16.8. The van der Waals surface area contributed by atoms with Gasteiger partial charge in [-0.15, -0.1) is 27.9 Å². The lowest BCUT2D eigenvalue weighted by Crippen LogP contribution is -2.71. The van der Waals surface area contributed by atoms with Crippen molar-refractivity contribution in [3.8, 4) is 0 Å². The number of nitrogen functional groups attached to an aromatic ring is 1. The third-order valence-electron chi connectivity index (χ3n) is 8.88. The molecule has 0 unspecified atom stereocenters. The number of hydrogen-bond acceptors (Lipinski definition) is 15. The van der Waals surface area contributed by atoms with Gasteiger partial charge in [0, 0.05) is 23.9 Å². The number of rotatable bonds is 15. The predicted molar refractivity (Wildman–Crippen MR) is 210 cm³/mol. The molecule has 0 bridgehead atoms. The summed E-state index contributed by atoms with van der Waals surface area (Å²) in [4.78, 5) is 64.1. The molecular weight excluding hydrogens is 779 g/mol. The molecule has 4 heterocycles. The minimum Gasteiger partial charge on any atom is -0.477 e. The Balaban J connectivity index is 1.17. The van der Waals surface area contributed by atoms with Crippen molar-refractivity contribution in [1.29, 1.82) is 0 Å². The molecule has 286 valence electrons. The number of likely N-dealkylation sites (N-methyl/N-ethyl adjacent to an activating group) is 1. The first-order chi connectivity index (χ1) is 27.2. The fourth-order valence-corrected chi connectivity index (χ4v) is 9.28. The van der Waals surface area contributed by atoms with Gasteiger partial charge in [-0.05, 0) is 32.7 Å². The standard InChI is InChI=1S/C36H33N11O6S3/c1-38-26(48)17-53-43-27(30(49)40-28-31(50)46-29(33(51)52)21(18-54-32(28)46)19-56-35-42-44-45-47(35)37)25-20-55-34(39-25)41-36(22-11-5-2-6-12-22,23-13-7-3-8-14-23)24-15-9-4-10-16-24/h2-16,20,28,32H,17-19,37H2,1H3,(H,38,48)(H,39,41)(H,40,49)(H,51,52)/b43-27-/t28-,32-/m1/s1. The molecule has 2 aliphatic heterocycles. The summed E-state index contributed by atoms with van der Waals surface area (Å²) in [6.07, 6.45) is 0. The third kappa shape index (κ3) is 7.53. The van der Waals surface area contributed by atoms with Gasteiger partial charge < -0.3 is 31.7 Å². The number of thioether (sulfide) groups is 2. The van der Waals surface area contributed by atoms with Gasteiger partial charge in [-0.2, -0.15) is 0 Å². The van der Waals surface area contributed by atoms with E-state index in [0.717, 1.165) is 38.1 Å². The van der Waals surface area contributed by atoms with E-state index in [0.29, 0.717) is 10.7 Å². The summed E-state index contributed by atoms with van der Waals surface area (Å²) in [6.45, 7) is -0.486. The zero-order valence-corrected chi connectivity index (χ0v) is 31.9. The Kier molecular flexibility index (Phi) is 11.3. The molecule has 5 aromatic rings. The lowest BCUT2D eigenvalue weighted by Gasteiger charge is -2.49. The summed E-state index contributed by atoms with van der Waals surface area (Å²) >= 11 is 3.64. The molecular formula is C36H33N11O6S3. The first-order valence-corrected chi connectivity index (χ1v) is 19.8. The van der Waals surface area contributed by atoms with Crippen LogP contribution in [0.4, 0.5) is 5.13 Å². The van der Waals surface area contributed by atoms with Gasteiger partial charge in [0.2, 0.25) is 5.16 Å². The van der Waals surface area contributed by atoms with E-state index >= 15 is 0 Å². The number of carboxylic acids is 1. The maximum absolute atomic E-state index is 14.0. The summed E-state index contributed by atoms with van der Waals surface area (Å²) < 4.78 is 0. The fourth-order valence-electron chi connectivity index (χ4n) is 6.25. The molecule has 0 radical (unpaired) electrons. The number of tetrazole rings is 1. The van der Waals surface area contributed by atoms with E-state index in [1.807, 2.05) is 91.0 Å². The zero-order chi connectivity index (χ0) is 39.2. The Morgan fingerprint density at radius 3 is 2.20 bits per heavy atom. The Bertz CT molecular complexity index is 2210. The number of β-lactam (4-membered cyclic amide) rings is 1. The summed E-state index contributed by atoms with van der Waals surface area (Å²) in [5, 5.41) is 35.4. The van der Waals surface area contributed by atoms with Gasteiger partial charge >= 0.3 is 5.97 Å². The maximum Gasteiger partial charge on any atom is 0.352 e. The number of nitrogens with one attached hydrogen (secondary N) is 3. The van der Waals surface area contributed by atoms with Gasteiger partial charge in [0.05, 0.1) is 0 Å². The number of nitrogens with zero attached hydrogens (tertiary/aromatic N) is 7. The Hall–Kier alpha value is -6.25. The largest absolute Gasteiger partial charge is 0.477 e. The number of nitrogens with two attached hydrogens (primary N) is 1. The highest BCUT2D eigenvalue weighted by Gasteiger charge is 2.54. The van der Waals surface area contributed by atoms with Crippen LogP contribution in [0.5, 0.6) is 0 Å². The zero-order valence-electron chi connectivity index (χ0n) is 29.4.